The number of aliphatic hydroxyl groups excluding tert-OH is 1. The second-order valence-corrected chi connectivity index (χ2v) is 12.0. The van der Waals surface area contributed by atoms with Crippen LogP contribution in [0.4, 0.5) is 5.13 Å². The number of aromatic nitrogens is 2. The average Bonchev–Trinajstić information content (AvgIpc) is 3.58. The van der Waals surface area contributed by atoms with Crippen molar-refractivity contribution in [3.05, 3.63) is 100 Å². The number of methoxy groups -OCH3 is 1. The molecule has 1 N–H and O–H groups in total. The summed E-state index contributed by atoms with van der Waals surface area (Å²) < 4.78 is 11.7. The SMILES string of the molecule is CCCCOc1ccc(C(O)=C2C(=O)C(=O)N(c3nnc(SCc4ccccc4Cl)s3)C2c2cccc(OC)c2)cc1. The van der Waals surface area contributed by atoms with Crippen LogP contribution < -0.4 is 14.4 Å². The van der Waals surface area contributed by atoms with Gasteiger partial charge in [0.05, 0.1) is 25.3 Å². The number of aliphatic hydroxyl groups is 1. The number of ether oxygens (including phenoxy) is 2. The summed E-state index contributed by atoms with van der Waals surface area (Å²) in [6.45, 7) is 2.67. The third-order valence-corrected chi connectivity index (χ3v) is 9.13. The van der Waals surface area contributed by atoms with Crippen molar-refractivity contribution in [2.45, 2.75) is 35.9 Å². The van der Waals surface area contributed by atoms with Crippen molar-refractivity contribution in [3.8, 4) is 11.5 Å². The quantitative estimate of drug-likeness (QED) is 0.0465. The first kappa shape index (κ1) is 29.6. The Morgan fingerprint density at radius 2 is 1.83 bits per heavy atom. The Labute approximate surface area is 257 Å². The van der Waals surface area contributed by atoms with Gasteiger partial charge in [0.2, 0.25) is 5.13 Å². The molecule has 42 heavy (non-hydrogen) atoms. The first-order valence-electron chi connectivity index (χ1n) is 13.3. The van der Waals surface area contributed by atoms with Gasteiger partial charge in [-0.3, -0.25) is 14.5 Å². The normalized spacial score (nSPS) is 16.2. The maximum absolute atomic E-state index is 13.5. The lowest BCUT2D eigenvalue weighted by atomic mass is 9.95. The number of Topliss-reactive ketones (excluding diaryl/α,β-unsaturated/α-hetero) is 1. The number of ketones is 1. The van der Waals surface area contributed by atoms with E-state index in [9.17, 15) is 14.7 Å². The Morgan fingerprint density at radius 1 is 1.05 bits per heavy atom. The molecule has 2 heterocycles. The predicted molar refractivity (Wildman–Crippen MR) is 166 cm³/mol. The first-order valence-corrected chi connectivity index (χ1v) is 15.5. The maximum atomic E-state index is 13.5. The molecule has 1 fully saturated rings. The summed E-state index contributed by atoms with van der Waals surface area (Å²) in [5.74, 6) is -0.154. The monoisotopic (exact) mass is 621 g/mol. The van der Waals surface area contributed by atoms with Gasteiger partial charge < -0.3 is 14.6 Å². The molecule has 5 rings (SSSR count). The summed E-state index contributed by atoms with van der Waals surface area (Å²) in [5.41, 5.74) is 1.86. The van der Waals surface area contributed by atoms with Crippen LogP contribution >= 0.6 is 34.7 Å². The van der Waals surface area contributed by atoms with E-state index in [4.69, 9.17) is 21.1 Å². The van der Waals surface area contributed by atoms with Crippen LogP contribution in [0.5, 0.6) is 11.5 Å². The molecule has 0 aliphatic carbocycles. The van der Waals surface area contributed by atoms with Crippen molar-refractivity contribution in [3.63, 3.8) is 0 Å². The smallest absolute Gasteiger partial charge is 0.301 e. The number of benzene rings is 3. The minimum atomic E-state index is -0.949. The molecule has 11 heteroatoms. The maximum Gasteiger partial charge on any atom is 0.301 e. The summed E-state index contributed by atoms with van der Waals surface area (Å²) in [4.78, 5) is 28.3. The number of anilines is 1. The van der Waals surface area contributed by atoms with Gasteiger partial charge in [-0.2, -0.15) is 0 Å². The van der Waals surface area contributed by atoms with Crippen LogP contribution in [0.3, 0.4) is 0 Å². The van der Waals surface area contributed by atoms with Crippen molar-refractivity contribution in [1.82, 2.24) is 10.2 Å². The summed E-state index contributed by atoms with van der Waals surface area (Å²) >= 11 is 8.91. The fraction of sp³-hybridized carbons (Fsp3) is 0.226. The molecule has 1 aliphatic heterocycles. The third kappa shape index (κ3) is 6.30. The highest BCUT2D eigenvalue weighted by molar-refractivity contribution is 8.00. The lowest BCUT2D eigenvalue weighted by molar-refractivity contribution is -0.132. The van der Waals surface area contributed by atoms with E-state index in [1.807, 2.05) is 24.3 Å². The second kappa shape index (κ2) is 13.4. The largest absolute Gasteiger partial charge is 0.507 e. The van der Waals surface area contributed by atoms with Gasteiger partial charge in [-0.05, 0) is 60.0 Å². The van der Waals surface area contributed by atoms with Gasteiger partial charge in [0.1, 0.15) is 17.3 Å². The highest BCUT2D eigenvalue weighted by Gasteiger charge is 2.48. The number of hydrogen-bond acceptors (Lipinski definition) is 9. The number of carbonyl (C=O) groups is 2. The van der Waals surface area contributed by atoms with E-state index in [1.54, 1.807) is 48.5 Å². The van der Waals surface area contributed by atoms with E-state index in [0.717, 1.165) is 18.4 Å². The Hall–Kier alpha value is -3.86. The van der Waals surface area contributed by atoms with Crippen LogP contribution in [0.1, 0.15) is 42.5 Å². The van der Waals surface area contributed by atoms with Crippen molar-refractivity contribution in [1.29, 1.82) is 0 Å². The highest BCUT2D eigenvalue weighted by Crippen LogP contribution is 2.44. The number of carbonyl (C=O) groups excluding carboxylic acids is 2. The molecule has 1 amide bonds. The van der Waals surface area contributed by atoms with Gasteiger partial charge in [0.15, 0.2) is 4.34 Å². The molecule has 3 aromatic carbocycles. The van der Waals surface area contributed by atoms with Crippen molar-refractivity contribution in [2.24, 2.45) is 0 Å². The number of unbranched alkanes of at least 4 members (excludes halogenated alkanes) is 1. The van der Waals surface area contributed by atoms with Crippen LogP contribution in [0.15, 0.2) is 82.7 Å². The molecular formula is C31H28ClN3O5S2. The molecule has 1 saturated heterocycles. The number of hydrogen-bond donors (Lipinski definition) is 1. The molecule has 0 bridgehead atoms. The van der Waals surface area contributed by atoms with Gasteiger partial charge in [-0.25, -0.2) is 0 Å². The van der Waals surface area contributed by atoms with Gasteiger partial charge in [-0.1, -0.05) is 78.4 Å². The zero-order valence-corrected chi connectivity index (χ0v) is 25.3. The summed E-state index contributed by atoms with van der Waals surface area (Å²) in [7, 11) is 1.54. The second-order valence-electron chi connectivity index (χ2n) is 9.40. The summed E-state index contributed by atoms with van der Waals surface area (Å²) in [6.07, 6.45) is 1.94. The average molecular weight is 622 g/mol. The summed E-state index contributed by atoms with van der Waals surface area (Å²) in [5, 5.41) is 20.9. The van der Waals surface area contributed by atoms with Gasteiger partial charge in [0, 0.05) is 16.3 Å². The van der Waals surface area contributed by atoms with E-state index in [2.05, 4.69) is 17.1 Å². The molecule has 0 saturated carbocycles. The molecule has 1 unspecified atom stereocenters. The van der Waals surface area contributed by atoms with Crippen LogP contribution in [0, 0.1) is 0 Å². The molecule has 4 aromatic rings. The van der Waals surface area contributed by atoms with Gasteiger partial charge in [0.25, 0.3) is 5.78 Å². The molecule has 1 aromatic heterocycles. The number of thioether (sulfide) groups is 1. The van der Waals surface area contributed by atoms with E-state index >= 15 is 0 Å². The molecule has 1 atom stereocenters. The Balaban J connectivity index is 1.51. The fourth-order valence-electron chi connectivity index (χ4n) is 4.47. The topological polar surface area (TPSA) is 102 Å². The van der Waals surface area contributed by atoms with Crippen LogP contribution in [0.25, 0.3) is 5.76 Å². The van der Waals surface area contributed by atoms with E-state index in [0.29, 0.717) is 44.3 Å². The number of amides is 1. The standard InChI is InChI=1S/C31H28ClN3O5S2/c1-3-4-16-40-22-14-12-19(13-15-22)27(36)25-26(20-9-7-10-23(17-20)39-2)35(29(38)28(25)37)30-33-34-31(42-30)41-18-21-8-5-6-11-24(21)32/h5-15,17,26,36H,3-4,16,18H2,1-2H3. The van der Waals surface area contributed by atoms with Crippen molar-refractivity contribution < 1.29 is 24.2 Å². The lowest BCUT2D eigenvalue weighted by Gasteiger charge is -2.23. The molecule has 216 valence electrons. The minimum absolute atomic E-state index is 0.0478. The lowest BCUT2D eigenvalue weighted by Crippen LogP contribution is -2.29. The third-order valence-electron chi connectivity index (χ3n) is 6.66. The summed E-state index contributed by atoms with van der Waals surface area (Å²) in [6, 6.07) is 20.4. The molecule has 8 nitrogen and oxygen atoms in total. The predicted octanol–water partition coefficient (Wildman–Crippen LogP) is 7.30. The van der Waals surface area contributed by atoms with E-state index in [-0.39, 0.29) is 16.5 Å². The molecule has 1 aliphatic rings. The van der Waals surface area contributed by atoms with Gasteiger partial charge >= 0.3 is 5.91 Å². The number of halogens is 1. The van der Waals surface area contributed by atoms with E-state index in [1.165, 1.54) is 35.1 Å². The van der Waals surface area contributed by atoms with Crippen LogP contribution in [-0.2, 0) is 15.3 Å². The van der Waals surface area contributed by atoms with Crippen molar-refractivity contribution >= 4 is 57.3 Å². The number of rotatable bonds is 11. The molecule has 0 spiro atoms. The molecular weight excluding hydrogens is 594 g/mol. The molecule has 0 radical (unpaired) electrons. The van der Waals surface area contributed by atoms with Crippen molar-refractivity contribution in [2.75, 3.05) is 18.6 Å². The van der Waals surface area contributed by atoms with E-state index < -0.39 is 17.7 Å². The Morgan fingerprint density at radius 3 is 2.57 bits per heavy atom. The van der Waals surface area contributed by atoms with Crippen LogP contribution in [0.2, 0.25) is 5.02 Å². The first-order chi connectivity index (χ1) is 20.4. The Kier molecular flexibility index (Phi) is 9.46. The van der Waals surface area contributed by atoms with Crippen LogP contribution in [-0.4, -0.2) is 40.7 Å². The zero-order chi connectivity index (χ0) is 29.6. The Bertz CT molecular complexity index is 1620. The highest BCUT2D eigenvalue weighted by atomic mass is 35.5. The van der Waals surface area contributed by atoms with Gasteiger partial charge in [-0.15, -0.1) is 10.2 Å². The zero-order valence-electron chi connectivity index (χ0n) is 23.0. The fourth-order valence-corrected chi connectivity index (χ4v) is 6.62. The minimum Gasteiger partial charge on any atom is -0.507 e. The number of nitrogens with zero attached hydrogens (tertiary/aromatic N) is 3.